The van der Waals surface area contributed by atoms with Crippen molar-refractivity contribution in [2.24, 2.45) is 16.4 Å². The first-order chi connectivity index (χ1) is 11.6. The fraction of sp³-hybridized carbons (Fsp3) is 0.611. The Bertz CT molecular complexity index is 660. The maximum Gasteiger partial charge on any atom is 0.187 e. The molecule has 1 heterocycles. The summed E-state index contributed by atoms with van der Waals surface area (Å²) in [5, 5.41) is 18.3. The smallest absolute Gasteiger partial charge is 0.187 e. The van der Waals surface area contributed by atoms with E-state index in [1.54, 1.807) is 21.5 Å². The molecule has 2 rings (SSSR count). The molecule has 0 radical (unpaired) electrons. The highest BCUT2D eigenvalue weighted by Crippen LogP contribution is 2.31. The largest absolute Gasteiger partial charge is 0.390 e. The lowest BCUT2D eigenvalue weighted by Crippen LogP contribution is -2.49. The quantitative estimate of drug-likeness (QED) is 0.720. The first-order valence-corrected chi connectivity index (χ1v) is 9.60. The monoisotopic (exact) mass is 402 g/mol. The lowest BCUT2D eigenvalue weighted by atomic mass is 9.81. The lowest BCUT2D eigenvalue weighted by Gasteiger charge is -2.34. The van der Waals surface area contributed by atoms with Crippen molar-refractivity contribution in [1.82, 2.24) is 5.12 Å². The van der Waals surface area contributed by atoms with Crippen molar-refractivity contribution in [1.29, 1.82) is 0 Å². The van der Waals surface area contributed by atoms with Crippen molar-refractivity contribution in [2.75, 3.05) is 6.54 Å². The normalized spacial score (nSPS) is 18.5. The van der Waals surface area contributed by atoms with Gasteiger partial charge in [0.2, 0.25) is 0 Å². The van der Waals surface area contributed by atoms with Crippen LogP contribution in [0.1, 0.15) is 39.7 Å². The SMILES string of the molecule is C[C@@H](Cc1ccc(Cl)cc1Cl)C[C@@H]([C@H](O)C(C)(C)C)N1N=CC[N+]1=S. The van der Waals surface area contributed by atoms with E-state index in [9.17, 15) is 5.11 Å². The van der Waals surface area contributed by atoms with Crippen molar-refractivity contribution in [3.8, 4) is 0 Å². The van der Waals surface area contributed by atoms with Gasteiger partial charge in [0.25, 0.3) is 0 Å². The molecule has 7 heteroatoms. The standard InChI is InChI=1S/C18H26Cl2N3OS/c1-12(9-13-5-6-14(19)11-15(13)20)10-16(17(24)18(2,3)4)23-21-7-8-22(23)25/h5-7,11-12,16-17,24H,8-10H2,1-4H3/q+1/t12-,16-,17-/m0/s1. The van der Waals surface area contributed by atoms with E-state index in [0.29, 0.717) is 22.5 Å². The molecule has 0 spiro atoms. The van der Waals surface area contributed by atoms with Crippen LogP contribution in [0, 0.1) is 11.3 Å². The van der Waals surface area contributed by atoms with Crippen molar-refractivity contribution in [2.45, 2.75) is 52.7 Å². The number of aliphatic hydroxyl groups excluding tert-OH is 1. The molecule has 25 heavy (non-hydrogen) atoms. The minimum atomic E-state index is -0.559. The number of hydrazone groups is 1. The van der Waals surface area contributed by atoms with E-state index in [1.165, 1.54) is 0 Å². The third-order valence-electron chi connectivity index (χ3n) is 4.44. The molecule has 138 valence electrons. The Kier molecular flexibility index (Phi) is 6.82. The second-order valence-electron chi connectivity index (χ2n) is 7.81. The third kappa shape index (κ3) is 5.36. The van der Waals surface area contributed by atoms with Gasteiger partial charge in [-0.05, 0) is 47.0 Å². The summed E-state index contributed by atoms with van der Waals surface area (Å²) in [4.78, 5) is 0. The molecule has 1 aromatic rings. The second kappa shape index (κ2) is 8.30. The molecule has 0 aromatic heterocycles. The van der Waals surface area contributed by atoms with Crippen LogP contribution in [-0.2, 0) is 18.8 Å². The highest BCUT2D eigenvalue weighted by molar-refractivity contribution is 7.44. The molecule has 0 bridgehead atoms. The first kappa shape index (κ1) is 20.6. The van der Waals surface area contributed by atoms with Crippen LogP contribution < -0.4 is 0 Å². The van der Waals surface area contributed by atoms with Gasteiger partial charge in [-0.3, -0.25) is 0 Å². The first-order valence-electron chi connectivity index (χ1n) is 8.48. The lowest BCUT2D eigenvalue weighted by molar-refractivity contribution is -0.659. The molecule has 0 saturated heterocycles. The predicted molar refractivity (Wildman–Crippen MR) is 106 cm³/mol. The van der Waals surface area contributed by atoms with Crippen LogP contribution in [0.25, 0.3) is 0 Å². The Balaban J connectivity index is 2.15. The fourth-order valence-corrected chi connectivity index (χ4v) is 3.78. The Labute approximate surface area is 165 Å². The molecule has 3 atom stereocenters. The van der Waals surface area contributed by atoms with Crippen LogP contribution in [0.15, 0.2) is 23.3 Å². The summed E-state index contributed by atoms with van der Waals surface area (Å²) in [6, 6.07) is 5.40. The summed E-state index contributed by atoms with van der Waals surface area (Å²) in [6.45, 7) is 8.82. The van der Waals surface area contributed by atoms with Crippen molar-refractivity contribution in [3.63, 3.8) is 0 Å². The van der Waals surface area contributed by atoms with E-state index in [1.807, 2.05) is 32.9 Å². The minimum Gasteiger partial charge on any atom is -0.390 e. The van der Waals surface area contributed by atoms with Crippen LogP contribution in [0.2, 0.25) is 10.0 Å². The third-order valence-corrected chi connectivity index (χ3v) is 5.35. The van der Waals surface area contributed by atoms with Gasteiger partial charge in [-0.2, -0.15) is 0 Å². The zero-order valence-corrected chi connectivity index (χ0v) is 17.4. The molecule has 4 nitrogen and oxygen atoms in total. The summed E-state index contributed by atoms with van der Waals surface area (Å²) < 4.78 is 1.63. The molecular formula is C18H26Cl2N3OS+. The van der Waals surface area contributed by atoms with Gasteiger partial charge in [-0.15, -0.1) is 0 Å². The van der Waals surface area contributed by atoms with Crippen LogP contribution >= 0.6 is 23.2 Å². The van der Waals surface area contributed by atoms with Gasteiger partial charge >= 0.3 is 0 Å². The zero-order chi connectivity index (χ0) is 18.8. The Morgan fingerprint density at radius 2 is 2.04 bits per heavy atom. The maximum atomic E-state index is 10.9. The summed E-state index contributed by atoms with van der Waals surface area (Å²) >= 11 is 17.6. The summed E-state index contributed by atoms with van der Waals surface area (Å²) in [6.07, 6.45) is 2.77. The average Bonchev–Trinajstić information content (AvgIpc) is 2.92. The van der Waals surface area contributed by atoms with Gasteiger partial charge in [0, 0.05) is 15.1 Å². The van der Waals surface area contributed by atoms with E-state index < -0.39 is 6.10 Å². The van der Waals surface area contributed by atoms with Crippen LogP contribution in [0.5, 0.6) is 0 Å². The van der Waals surface area contributed by atoms with E-state index in [4.69, 9.17) is 35.6 Å². The van der Waals surface area contributed by atoms with Gasteiger partial charge in [0.15, 0.2) is 25.2 Å². The molecule has 0 aliphatic carbocycles. The van der Waals surface area contributed by atoms with Crippen molar-refractivity contribution in [3.05, 3.63) is 33.8 Å². The van der Waals surface area contributed by atoms with E-state index in [-0.39, 0.29) is 11.5 Å². The molecule has 1 aliphatic heterocycles. The highest BCUT2D eigenvalue weighted by Gasteiger charge is 2.41. The number of hydrogen-bond acceptors (Lipinski definition) is 3. The Morgan fingerprint density at radius 1 is 1.36 bits per heavy atom. The molecule has 0 fully saturated rings. The molecule has 1 N–H and O–H groups in total. The molecule has 0 amide bonds. The van der Waals surface area contributed by atoms with Gasteiger partial charge in [-0.1, -0.05) is 61.0 Å². The highest BCUT2D eigenvalue weighted by atomic mass is 35.5. The summed E-state index contributed by atoms with van der Waals surface area (Å²) in [5.74, 6) is 0.292. The van der Waals surface area contributed by atoms with E-state index in [0.717, 1.165) is 18.4 Å². The summed E-state index contributed by atoms with van der Waals surface area (Å²) in [5.41, 5.74) is 0.791. The molecule has 0 unspecified atom stereocenters. The minimum absolute atomic E-state index is 0.183. The number of hydrogen-bond donors (Lipinski definition) is 1. The Morgan fingerprint density at radius 3 is 2.56 bits per heavy atom. The number of halogens is 2. The Hall–Kier alpha value is -0.750. The van der Waals surface area contributed by atoms with Gasteiger partial charge in [0.05, 0.1) is 6.10 Å². The number of rotatable bonds is 6. The van der Waals surface area contributed by atoms with E-state index >= 15 is 0 Å². The second-order valence-corrected chi connectivity index (χ2v) is 9.08. The fourth-order valence-electron chi connectivity index (χ4n) is 3.07. The van der Waals surface area contributed by atoms with Gasteiger partial charge in [0.1, 0.15) is 6.04 Å². The number of benzene rings is 1. The van der Waals surface area contributed by atoms with Gasteiger partial charge < -0.3 is 5.11 Å². The zero-order valence-electron chi connectivity index (χ0n) is 15.1. The van der Waals surface area contributed by atoms with Crippen molar-refractivity contribution >= 4 is 41.8 Å². The van der Waals surface area contributed by atoms with E-state index in [2.05, 4.69) is 12.0 Å². The molecule has 0 saturated carbocycles. The van der Waals surface area contributed by atoms with Crippen LogP contribution in [0.4, 0.5) is 0 Å². The molecule has 1 aliphatic rings. The number of aliphatic hydroxyl groups is 1. The van der Waals surface area contributed by atoms with Gasteiger partial charge in [-0.25, -0.2) is 0 Å². The summed E-state index contributed by atoms with van der Waals surface area (Å²) in [7, 11) is 0. The number of hydrazine groups is 1. The maximum absolute atomic E-state index is 10.9. The predicted octanol–water partition coefficient (Wildman–Crippen LogP) is 4.30. The van der Waals surface area contributed by atoms with Crippen LogP contribution in [0.3, 0.4) is 0 Å². The number of nitrogens with zero attached hydrogens (tertiary/aromatic N) is 3. The molecular weight excluding hydrogens is 377 g/mol. The molecule has 1 aromatic carbocycles. The van der Waals surface area contributed by atoms with Crippen LogP contribution in [-0.4, -0.2) is 39.2 Å². The average molecular weight is 403 g/mol. The topological polar surface area (TPSA) is 38.8 Å². The van der Waals surface area contributed by atoms with Crippen molar-refractivity contribution < 1.29 is 9.16 Å².